The molecule has 164 valence electrons. The van der Waals surface area contributed by atoms with E-state index in [1.165, 1.54) is 13.2 Å². The lowest BCUT2D eigenvalue weighted by Gasteiger charge is -2.12. The molecule has 0 radical (unpaired) electrons. The van der Waals surface area contributed by atoms with Gasteiger partial charge in [0.1, 0.15) is 10.6 Å². The third-order valence-electron chi connectivity index (χ3n) is 5.07. The number of sulfone groups is 1. The Morgan fingerprint density at radius 3 is 2.59 bits per heavy atom. The summed E-state index contributed by atoms with van der Waals surface area (Å²) in [4.78, 5) is 12.6. The highest BCUT2D eigenvalue weighted by molar-refractivity contribution is 7.91. The number of aromatic nitrogens is 1. The Kier molecular flexibility index (Phi) is 5.96. The second-order valence-electron chi connectivity index (χ2n) is 7.34. The maximum Gasteiger partial charge on any atom is 0.225 e. The summed E-state index contributed by atoms with van der Waals surface area (Å²) in [5, 5.41) is 8.54. The number of hydrogen-bond donors (Lipinski definition) is 1. The molecule has 32 heavy (non-hydrogen) atoms. The summed E-state index contributed by atoms with van der Waals surface area (Å²) in [6.45, 7) is 1.78. The Morgan fingerprint density at radius 1 is 1.06 bits per heavy atom. The molecule has 4 aromatic rings. The SMILES string of the molecule is COc1ccc(-c2cc(C)no2)cc1S(=O)(=O)CCC(=O)Nc1cccc2ccccc12. The molecule has 0 spiro atoms. The molecular weight excluding hydrogens is 428 g/mol. The fourth-order valence-corrected chi connectivity index (χ4v) is 4.90. The van der Waals surface area contributed by atoms with Crippen LogP contribution in [0.1, 0.15) is 12.1 Å². The Labute approximate surface area is 185 Å². The van der Waals surface area contributed by atoms with E-state index in [1.54, 1.807) is 31.2 Å². The first-order chi connectivity index (χ1) is 15.4. The molecule has 4 rings (SSSR count). The van der Waals surface area contributed by atoms with E-state index >= 15 is 0 Å². The van der Waals surface area contributed by atoms with Crippen LogP contribution in [0.2, 0.25) is 0 Å². The monoisotopic (exact) mass is 450 g/mol. The van der Waals surface area contributed by atoms with Crippen molar-refractivity contribution in [2.45, 2.75) is 18.2 Å². The van der Waals surface area contributed by atoms with Gasteiger partial charge < -0.3 is 14.6 Å². The first-order valence-electron chi connectivity index (χ1n) is 9.99. The first kappa shape index (κ1) is 21.6. The van der Waals surface area contributed by atoms with Gasteiger partial charge in [0.2, 0.25) is 5.91 Å². The molecule has 0 saturated carbocycles. The predicted molar refractivity (Wildman–Crippen MR) is 122 cm³/mol. The molecule has 0 aliphatic heterocycles. The van der Waals surface area contributed by atoms with Gasteiger partial charge in [0.05, 0.1) is 18.6 Å². The van der Waals surface area contributed by atoms with Gasteiger partial charge in [0.25, 0.3) is 0 Å². The Morgan fingerprint density at radius 2 is 1.84 bits per heavy atom. The topological polar surface area (TPSA) is 98.5 Å². The Bertz CT molecular complexity index is 1390. The van der Waals surface area contributed by atoms with Gasteiger partial charge in [-0.2, -0.15) is 0 Å². The minimum absolute atomic E-state index is 0.00418. The van der Waals surface area contributed by atoms with E-state index in [2.05, 4.69) is 10.5 Å². The van der Waals surface area contributed by atoms with Gasteiger partial charge >= 0.3 is 0 Å². The van der Waals surface area contributed by atoms with E-state index in [9.17, 15) is 13.2 Å². The molecule has 0 bridgehead atoms. The second kappa shape index (κ2) is 8.84. The van der Waals surface area contributed by atoms with Crippen molar-refractivity contribution in [3.8, 4) is 17.1 Å². The van der Waals surface area contributed by atoms with E-state index in [0.717, 1.165) is 10.8 Å². The standard InChI is InChI=1S/C24H22N2O5S/c1-16-14-22(31-26-16)18-10-11-21(30-2)23(15-18)32(28,29)13-12-24(27)25-20-9-5-7-17-6-3-4-8-19(17)20/h3-11,14-15H,12-13H2,1-2H3,(H,25,27). The summed E-state index contributed by atoms with van der Waals surface area (Å²) in [5.74, 6) is -0.0839. The largest absolute Gasteiger partial charge is 0.495 e. The van der Waals surface area contributed by atoms with E-state index < -0.39 is 9.84 Å². The van der Waals surface area contributed by atoms with E-state index in [1.807, 2.05) is 36.4 Å². The van der Waals surface area contributed by atoms with Crippen LogP contribution < -0.4 is 10.1 Å². The molecule has 3 aromatic carbocycles. The molecule has 0 atom stereocenters. The van der Waals surface area contributed by atoms with Gasteiger partial charge in [0, 0.05) is 29.1 Å². The predicted octanol–water partition coefficient (Wildman–Crippen LogP) is 4.61. The average molecular weight is 451 g/mol. The molecule has 0 aliphatic rings. The third kappa shape index (κ3) is 4.50. The highest BCUT2D eigenvalue weighted by Crippen LogP contribution is 2.31. The van der Waals surface area contributed by atoms with Crippen molar-refractivity contribution in [2.75, 3.05) is 18.2 Å². The molecule has 0 unspecified atom stereocenters. The number of nitrogens with one attached hydrogen (secondary N) is 1. The maximum absolute atomic E-state index is 13.1. The second-order valence-corrected chi connectivity index (χ2v) is 9.42. The number of ether oxygens (including phenoxy) is 1. The van der Waals surface area contributed by atoms with Gasteiger partial charge in [-0.15, -0.1) is 0 Å². The summed E-state index contributed by atoms with van der Waals surface area (Å²) < 4.78 is 36.6. The number of methoxy groups -OCH3 is 1. The molecule has 1 aromatic heterocycles. The summed E-state index contributed by atoms with van der Waals surface area (Å²) in [6.07, 6.45) is -0.194. The van der Waals surface area contributed by atoms with Crippen LogP contribution in [0.5, 0.6) is 5.75 Å². The highest BCUT2D eigenvalue weighted by atomic mass is 32.2. The zero-order valence-corrected chi connectivity index (χ0v) is 18.5. The van der Waals surface area contributed by atoms with Gasteiger partial charge in [-0.1, -0.05) is 41.6 Å². The summed E-state index contributed by atoms with van der Waals surface area (Å²) in [5.41, 5.74) is 1.89. The number of nitrogens with zero attached hydrogens (tertiary/aromatic N) is 1. The van der Waals surface area contributed by atoms with Crippen LogP contribution in [-0.2, 0) is 14.6 Å². The van der Waals surface area contributed by atoms with Gasteiger partial charge in [-0.05, 0) is 36.6 Å². The van der Waals surface area contributed by atoms with Crippen molar-refractivity contribution in [3.05, 3.63) is 72.4 Å². The number of rotatable bonds is 7. The van der Waals surface area contributed by atoms with Crippen molar-refractivity contribution in [3.63, 3.8) is 0 Å². The minimum atomic E-state index is -3.80. The minimum Gasteiger partial charge on any atom is -0.495 e. The lowest BCUT2D eigenvalue weighted by molar-refractivity contribution is -0.115. The van der Waals surface area contributed by atoms with Gasteiger partial charge in [-0.3, -0.25) is 4.79 Å². The normalized spacial score (nSPS) is 11.4. The zero-order valence-electron chi connectivity index (χ0n) is 17.7. The first-order valence-corrected chi connectivity index (χ1v) is 11.6. The van der Waals surface area contributed by atoms with Crippen LogP contribution in [0.4, 0.5) is 5.69 Å². The lowest BCUT2D eigenvalue weighted by atomic mass is 10.1. The van der Waals surface area contributed by atoms with Gasteiger partial charge in [0.15, 0.2) is 15.6 Å². The molecule has 1 N–H and O–H groups in total. The summed E-state index contributed by atoms with van der Waals surface area (Å²) in [6, 6.07) is 19.7. The molecule has 8 heteroatoms. The maximum atomic E-state index is 13.1. The zero-order chi connectivity index (χ0) is 22.7. The number of aryl methyl sites for hydroxylation is 1. The number of carbonyl (C=O) groups excluding carboxylic acids is 1. The molecule has 1 amide bonds. The van der Waals surface area contributed by atoms with Crippen molar-refractivity contribution in [1.82, 2.24) is 5.16 Å². The van der Waals surface area contributed by atoms with Crippen LogP contribution in [0.15, 0.2) is 76.1 Å². The fraction of sp³-hybridized carbons (Fsp3) is 0.167. The molecule has 1 heterocycles. The molecule has 7 nitrogen and oxygen atoms in total. The Balaban J connectivity index is 1.53. The summed E-state index contributed by atoms with van der Waals surface area (Å²) in [7, 11) is -2.40. The number of hydrogen-bond acceptors (Lipinski definition) is 6. The average Bonchev–Trinajstić information content (AvgIpc) is 3.24. The quantitative estimate of drug-likeness (QED) is 0.441. The fourth-order valence-electron chi connectivity index (χ4n) is 3.46. The van der Waals surface area contributed by atoms with Crippen LogP contribution >= 0.6 is 0 Å². The smallest absolute Gasteiger partial charge is 0.225 e. The van der Waals surface area contributed by atoms with Crippen LogP contribution in [0, 0.1) is 6.92 Å². The third-order valence-corrected chi connectivity index (χ3v) is 6.80. The summed E-state index contributed by atoms with van der Waals surface area (Å²) >= 11 is 0. The van der Waals surface area contributed by atoms with E-state index in [-0.39, 0.29) is 28.7 Å². The number of amides is 1. The molecule has 0 fully saturated rings. The van der Waals surface area contributed by atoms with Crippen molar-refractivity contribution in [1.29, 1.82) is 0 Å². The molecule has 0 saturated heterocycles. The van der Waals surface area contributed by atoms with Crippen LogP contribution in [0.25, 0.3) is 22.1 Å². The van der Waals surface area contributed by atoms with Crippen molar-refractivity contribution >= 4 is 32.2 Å². The Hall–Kier alpha value is -3.65. The van der Waals surface area contributed by atoms with Crippen LogP contribution in [0.3, 0.4) is 0 Å². The van der Waals surface area contributed by atoms with E-state index in [4.69, 9.17) is 9.26 Å². The number of anilines is 1. The van der Waals surface area contributed by atoms with Crippen LogP contribution in [-0.4, -0.2) is 32.3 Å². The van der Waals surface area contributed by atoms with Gasteiger partial charge in [-0.25, -0.2) is 8.42 Å². The number of fused-ring (bicyclic) bond motifs is 1. The number of benzene rings is 3. The van der Waals surface area contributed by atoms with E-state index in [0.29, 0.717) is 22.7 Å². The molecular formula is C24H22N2O5S. The lowest BCUT2D eigenvalue weighted by Crippen LogP contribution is -2.18. The number of carbonyl (C=O) groups is 1. The molecule has 0 aliphatic carbocycles. The van der Waals surface area contributed by atoms with Crippen molar-refractivity contribution in [2.24, 2.45) is 0 Å². The van der Waals surface area contributed by atoms with Crippen molar-refractivity contribution < 1.29 is 22.5 Å². The highest BCUT2D eigenvalue weighted by Gasteiger charge is 2.23.